The molecule has 0 spiro atoms. The molecule has 0 aliphatic heterocycles. The molecule has 2 heteroatoms. The van der Waals surface area contributed by atoms with Crippen LogP contribution in [0.15, 0.2) is 30.3 Å². The van der Waals surface area contributed by atoms with Crippen molar-refractivity contribution in [2.75, 3.05) is 6.54 Å². The van der Waals surface area contributed by atoms with Gasteiger partial charge in [0.05, 0.1) is 0 Å². The lowest BCUT2D eigenvalue weighted by Crippen LogP contribution is -2.34. The molecule has 0 atom stereocenters. The van der Waals surface area contributed by atoms with E-state index in [0.29, 0.717) is 17.7 Å². The predicted molar refractivity (Wildman–Crippen MR) is 69.4 cm³/mol. The average molecular weight is 231 g/mol. The number of benzene rings is 1. The Morgan fingerprint density at radius 1 is 1.29 bits per heavy atom. The van der Waals surface area contributed by atoms with Gasteiger partial charge in [0.1, 0.15) is 0 Å². The Labute approximate surface area is 104 Å². The number of hydrogen-bond donors (Lipinski definition) is 0. The van der Waals surface area contributed by atoms with Crippen molar-refractivity contribution < 1.29 is 4.79 Å². The van der Waals surface area contributed by atoms with Crippen molar-refractivity contribution in [3.8, 4) is 0 Å². The Morgan fingerprint density at radius 3 is 2.47 bits per heavy atom. The van der Waals surface area contributed by atoms with E-state index in [0.717, 1.165) is 25.9 Å². The summed E-state index contributed by atoms with van der Waals surface area (Å²) in [4.78, 5) is 14.2. The highest BCUT2D eigenvalue weighted by molar-refractivity contribution is 5.81. The van der Waals surface area contributed by atoms with Gasteiger partial charge >= 0.3 is 0 Å². The maximum atomic E-state index is 12.2. The molecule has 2 nitrogen and oxygen atoms in total. The van der Waals surface area contributed by atoms with Gasteiger partial charge in [0.15, 0.2) is 0 Å². The van der Waals surface area contributed by atoms with Gasteiger partial charge in [-0.25, -0.2) is 0 Å². The van der Waals surface area contributed by atoms with E-state index < -0.39 is 0 Å². The molecular weight excluding hydrogens is 210 g/mol. The predicted octanol–water partition coefficient (Wildman–Crippen LogP) is 3.08. The summed E-state index contributed by atoms with van der Waals surface area (Å²) in [5.41, 5.74) is 1.22. The third-order valence-corrected chi connectivity index (χ3v) is 3.04. The molecule has 0 aromatic heterocycles. The zero-order valence-electron chi connectivity index (χ0n) is 10.7. The Bertz CT molecular complexity index is 368. The van der Waals surface area contributed by atoms with Gasteiger partial charge in [-0.15, -0.1) is 0 Å². The van der Waals surface area contributed by atoms with Crippen molar-refractivity contribution in [1.82, 2.24) is 4.90 Å². The van der Waals surface area contributed by atoms with E-state index in [1.165, 1.54) is 5.56 Å². The Morgan fingerprint density at radius 2 is 1.94 bits per heavy atom. The smallest absolute Gasteiger partial charge is 0.225 e. The van der Waals surface area contributed by atoms with Gasteiger partial charge in [0, 0.05) is 19.0 Å². The number of carbonyl (C=O) groups excluding carboxylic acids is 1. The summed E-state index contributed by atoms with van der Waals surface area (Å²) in [6.45, 7) is 5.95. The van der Waals surface area contributed by atoms with Crippen LogP contribution >= 0.6 is 0 Å². The van der Waals surface area contributed by atoms with Crippen LogP contribution in [0, 0.1) is 11.8 Å². The lowest BCUT2D eigenvalue weighted by molar-refractivity contribution is -0.133. The minimum Gasteiger partial charge on any atom is -0.338 e. The summed E-state index contributed by atoms with van der Waals surface area (Å²) >= 11 is 0. The van der Waals surface area contributed by atoms with Gasteiger partial charge in [-0.05, 0) is 24.3 Å². The van der Waals surface area contributed by atoms with Crippen molar-refractivity contribution in [3.63, 3.8) is 0 Å². The van der Waals surface area contributed by atoms with Gasteiger partial charge in [0.2, 0.25) is 5.91 Å². The quantitative estimate of drug-likeness (QED) is 0.762. The molecule has 92 valence electrons. The lowest BCUT2D eigenvalue weighted by atomic mass is 10.1. The summed E-state index contributed by atoms with van der Waals surface area (Å²) in [6, 6.07) is 10.3. The highest BCUT2D eigenvalue weighted by Crippen LogP contribution is 2.31. The van der Waals surface area contributed by atoms with Crippen molar-refractivity contribution in [2.45, 2.75) is 33.2 Å². The molecule has 0 bridgehead atoms. The molecule has 2 rings (SSSR count). The highest BCUT2D eigenvalue weighted by Gasteiger charge is 2.33. The fraction of sp³-hybridized carbons (Fsp3) is 0.533. The van der Waals surface area contributed by atoms with Gasteiger partial charge in [0.25, 0.3) is 0 Å². The summed E-state index contributed by atoms with van der Waals surface area (Å²) < 4.78 is 0. The molecule has 1 aromatic rings. The Hall–Kier alpha value is -1.31. The third-order valence-electron chi connectivity index (χ3n) is 3.04. The highest BCUT2D eigenvalue weighted by atomic mass is 16.2. The van der Waals surface area contributed by atoms with Crippen molar-refractivity contribution >= 4 is 5.91 Å². The van der Waals surface area contributed by atoms with E-state index in [-0.39, 0.29) is 0 Å². The summed E-state index contributed by atoms with van der Waals surface area (Å²) in [6.07, 6.45) is 2.17. The van der Waals surface area contributed by atoms with Gasteiger partial charge in [-0.3, -0.25) is 4.79 Å². The van der Waals surface area contributed by atoms with Crippen molar-refractivity contribution in [2.24, 2.45) is 11.8 Å². The van der Waals surface area contributed by atoms with Gasteiger partial charge in [-0.1, -0.05) is 44.2 Å². The second-order valence-corrected chi connectivity index (χ2v) is 5.37. The first-order valence-corrected chi connectivity index (χ1v) is 6.49. The number of rotatable bonds is 5. The van der Waals surface area contributed by atoms with Crippen LogP contribution in [0.4, 0.5) is 0 Å². The van der Waals surface area contributed by atoms with Crippen molar-refractivity contribution in [3.05, 3.63) is 35.9 Å². The molecule has 1 aromatic carbocycles. The van der Waals surface area contributed by atoms with Crippen LogP contribution in [0.5, 0.6) is 0 Å². The maximum Gasteiger partial charge on any atom is 0.225 e. The molecule has 17 heavy (non-hydrogen) atoms. The van der Waals surface area contributed by atoms with Crippen LogP contribution in [0.3, 0.4) is 0 Å². The topological polar surface area (TPSA) is 20.3 Å². The number of amides is 1. The molecule has 0 N–H and O–H groups in total. The normalized spacial score (nSPS) is 15.0. The van der Waals surface area contributed by atoms with E-state index >= 15 is 0 Å². The van der Waals surface area contributed by atoms with Crippen LogP contribution in [0.25, 0.3) is 0 Å². The molecule has 0 heterocycles. The lowest BCUT2D eigenvalue weighted by Gasteiger charge is -2.24. The zero-order chi connectivity index (χ0) is 12.3. The fourth-order valence-corrected chi connectivity index (χ4v) is 2.07. The van der Waals surface area contributed by atoms with Crippen LogP contribution in [-0.4, -0.2) is 17.4 Å². The standard InChI is InChI=1S/C15H21NO/c1-12(2)10-16(15(17)14-8-9-14)11-13-6-4-3-5-7-13/h3-7,12,14H,8-11H2,1-2H3. The van der Waals surface area contributed by atoms with Gasteiger partial charge in [-0.2, -0.15) is 0 Å². The summed E-state index contributed by atoms with van der Waals surface area (Å²) in [5.74, 6) is 1.20. The first-order valence-electron chi connectivity index (χ1n) is 6.49. The van der Waals surface area contributed by atoms with Gasteiger partial charge < -0.3 is 4.90 Å². The number of hydrogen-bond acceptors (Lipinski definition) is 1. The van der Waals surface area contributed by atoms with E-state index in [2.05, 4.69) is 26.0 Å². The molecule has 0 saturated heterocycles. The SMILES string of the molecule is CC(C)CN(Cc1ccccc1)C(=O)C1CC1. The summed E-state index contributed by atoms with van der Waals surface area (Å²) in [7, 11) is 0. The second kappa shape index (κ2) is 5.35. The fourth-order valence-electron chi connectivity index (χ4n) is 2.07. The molecule has 1 fully saturated rings. The zero-order valence-corrected chi connectivity index (χ0v) is 10.7. The van der Waals surface area contributed by atoms with Crippen molar-refractivity contribution in [1.29, 1.82) is 0 Å². The Kier molecular flexibility index (Phi) is 3.82. The first kappa shape index (κ1) is 12.2. The van der Waals surface area contributed by atoms with Crippen LogP contribution < -0.4 is 0 Å². The molecule has 0 radical (unpaired) electrons. The van der Waals surface area contributed by atoms with E-state index in [4.69, 9.17) is 0 Å². The van der Waals surface area contributed by atoms with Crippen LogP contribution in [0.2, 0.25) is 0 Å². The number of carbonyl (C=O) groups is 1. The summed E-state index contributed by atoms with van der Waals surface area (Å²) in [5, 5.41) is 0. The van der Waals surface area contributed by atoms with Crippen LogP contribution in [-0.2, 0) is 11.3 Å². The second-order valence-electron chi connectivity index (χ2n) is 5.37. The Balaban J connectivity index is 2.02. The monoisotopic (exact) mass is 231 g/mol. The molecule has 0 unspecified atom stereocenters. The average Bonchev–Trinajstić information content (AvgIpc) is 3.12. The largest absolute Gasteiger partial charge is 0.338 e. The van der Waals surface area contributed by atoms with E-state index in [1.54, 1.807) is 0 Å². The molecule has 1 aliphatic rings. The van der Waals surface area contributed by atoms with E-state index in [9.17, 15) is 4.79 Å². The molecule has 1 aliphatic carbocycles. The van der Waals surface area contributed by atoms with E-state index in [1.807, 2.05) is 23.1 Å². The first-order chi connectivity index (χ1) is 8.16. The molecular formula is C15H21NO. The molecule has 1 saturated carbocycles. The van der Waals surface area contributed by atoms with Crippen LogP contribution in [0.1, 0.15) is 32.3 Å². The third kappa shape index (κ3) is 3.58. The minimum atomic E-state index is 0.317. The minimum absolute atomic E-state index is 0.317. The number of nitrogens with zero attached hydrogens (tertiary/aromatic N) is 1. The maximum absolute atomic E-state index is 12.2. The molecule has 1 amide bonds.